The van der Waals surface area contributed by atoms with E-state index in [1.807, 2.05) is 0 Å². The molecule has 2 aliphatic rings. The summed E-state index contributed by atoms with van der Waals surface area (Å²) >= 11 is 0. The molecule has 2 heterocycles. The van der Waals surface area contributed by atoms with Crippen LogP contribution in [0.3, 0.4) is 0 Å². The van der Waals surface area contributed by atoms with Gasteiger partial charge in [-0.2, -0.15) is 0 Å². The molecule has 0 aromatic rings. The van der Waals surface area contributed by atoms with Crippen LogP contribution in [0.2, 0.25) is 0 Å². The van der Waals surface area contributed by atoms with E-state index in [9.17, 15) is 15.3 Å². The molecule has 0 saturated carbocycles. The van der Waals surface area contributed by atoms with E-state index in [2.05, 4.69) is 11.8 Å². The van der Waals surface area contributed by atoms with Crippen LogP contribution < -0.4 is 0 Å². The molecule has 2 fully saturated rings. The Morgan fingerprint density at radius 1 is 1.20 bits per heavy atom. The van der Waals surface area contributed by atoms with Crippen LogP contribution in [0.25, 0.3) is 0 Å². The lowest BCUT2D eigenvalue weighted by molar-refractivity contribution is -0.116. The summed E-state index contributed by atoms with van der Waals surface area (Å²) in [5.41, 5.74) is 0. The molecule has 2 aliphatic heterocycles. The minimum Gasteiger partial charge on any atom is -0.391 e. The minimum atomic E-state index is -0.784. The summed E-state index contributed by atoms with van der Waals surface area (Å²) in [6.07, 6.45) is 0.754. The summed E-state index contributed by atoms with van der Waals surface area (Å²) in [6.45, 7) is 3.74. The van der Waals surface area contributed by atoms with E-state index in [0.29, 0.717) is 6.42 Å². The minimum absolute atomic E-state index is 0.159. The Labute approximate surface area is 90.5 Å². The van der Waals surface area contributed by atoms with Gasteiger partial charge in [-0.15, -0.1) is 0 Å². The number of nitrogens with zero attached hydrogens (tertiary/aromatic N) is 1. The standard InChI is InChI=1S/C11H21NO3/c1-2-3-7-6-12-5-4-8(13)9(12)11(15)10(7)14/h7-11,13-15H,2-6H2,1H3/t7-,8-,9+,10+,11+/m0/s1. The van der Waals surface area contributed by atoms with Gasteiger partial charge in [0.05, 0.1) is 24.4 Å². The fourth-order valence-electron chi connectivity index (χ4n) is 3.04. The van der Waals surface area contributed by atoms with E-state index in [4.69, 9.17) is 0 Å². The van der Waals surface area contributed by atoms with Crippen molar-refractivity contribution in [2.24, 2.45) is 5.92 Å². The highest BCUT2D eigenvalue weighted by atomic mass is 16.3. The summed E-state index contributed by atoms with van der Waals surface area (Å²) in [4.78, 5) is 2.13. The Balaban J connectivity index is 2.07. The first-order valence-electron chi connectivity index (χ1n) is 5.93. The predicted molar refractivity (Wildman–Crippen MR) is 56.4 cm³/mol. The monoisotopic (exact) mass is 215 g/mol. The third-order valence-corrected chi connectivity index (χ3v) is 3.84. The molecule has 15 heavy (non-hydrogen) atoms. The summed E-state index contributed by atoms with van der Waals surface area (Å²) in [6, 6.07) is -0.242. The summed E-state index contributed by atoms with van der Waals surface area (Å²) in [5.74, 6) is 0.159. The number of aliphatic hydroxyl groups is 3. The summed E-state index contributed by atoms with van der Waals surface area (Å²) < 4.78 is 0. The molecule has 0 aromatic heterocycles. The highest BCUT2D eigenvalue weighted by molar-refractivity contribution is 5.01. The first-order valence-corrected chi connectivity index (χ1v) is 5.93. The molecule has 0 aliphatic carbocycles. The molecule has 0 spiro atoms. The molecule has 4 heteroatoms. The summed E-state index contributed by atoms with van der Waals surface area (Å²) in [7, 11) is 0. The zero-order valence-electron chi connectivity index (χ0n) is 9.21. The normalized spacial score (nSPS) is 46.8. The lowest BCUT2D eigenvalue weighted by Crippen LogP contribution is -2.59. The van der Waals surface area contributed by atoms with Crippen LogP contribution in [0.1, 0.15) is 26.2 Å². The van der Waals surface area contributed by atoms with Gasteiger partial charge in [-0.3, -0.25) is 4.90 Å². The molecule has 88 valence electrons. The van der Waals surface area contributed by atoms with Gasteiger partial charge < -0.3 is 15.3 Å². The zero-order chi connectivity index (χ0) is 11.0. The maximum Gasteiger partial charge on any atom is 0.0982 e. The molecule has 0 radical (unpaired) electrons. The maximum atomic E-state index is 9.96. The van der Waals surface area contributed by atoms with Crippen molar-refractivity contribution in [2.75, 3.05) is 13.1 Å². The van der Waals surface area contributed by atoms with E-state index in [-0.39, 0.29) is 12.0 Å². The Morgan fingerprint density at radius 2 is 1.93 bits per heavy atom. The Kier molecular flexibility index (Phi) is 3.30. The largest absolute Gasteiger partial charge is 0.391 e. The average molecular weight is 215 g/mol. The molecular formula is C11H21NO3. The van der Waals surface area contributed by atoms with E-state index in [0.717, 1.165) is 25.9 Å². The first kappa shape index (κ1) is 11.3. The quantitative estimate of drug-likeness (QED) is 0.585. The van der Waals surface area contributed by atoms with Crippen molar-refractivity contribution in [3.8, 4) is 0 Å². The third-order valence-electron chi connectivity index (χ3n) is 3.84. The molecule has 4 nitrogen and oxygen atoms in total. The van der Waals surface area contributed by atoms with Crippen molar-refractivity contribution >= 4 is 0 Å². The second-order valence-electron chi connectivity index (χ2n) is 4.87. The van der Waals surface area contributed by atoms with Crippen LogP contribution in [0.4, 0.5) is 0 Å². The van der Waals surface area contributed by atoms with Crippen LogP contribution in [0.5, 0.6) is 0 Å². The topological polar surface area (TPSA) is 63.9 Å². The lowest BCUT2D eigenvalue weighted by Gasteiger charge is -2.43. The van der Waals surface area contributed by atoms with Crippen molar-refractivity contribution in [3.05, 3.63) is 0 Å². The molecule has 0 bridgehead atoms. The van der Waals surface area contributed by atoms with Gasteiger partial charge in [-0.1, -0.05) is 13.3 Å². The Bertz CT molecular complexity index is 222. The Hall–Kier alpha value is -0.160. The van der Waals surface area contributed by atoms with E-state index in [1.54, 1.807) is 0 Å². The molecular weight excluding hydrogens is 194 g/mol. The number of hydrogen-bond donors (Lipinski definition) is 3. The number of fused-ring (bicyclic) bond motifs is 1. The van der Waals surface area contributed by atoms with Gasteiger partial charge in [0, 0.05) is 19.0 Å². The van der Waals surface area contributed by atoms with Crippen molar-refractivity contribution < 1.29 is 15.3 Å². The highest BCUT2D eigenvalue weighted by Crippen LogP contribution is 2.32. The van der Waals surface area contributed by atoms with Crippen molar-refractivity contribution in [3.63, 3.8) is 0 Å². The molecule has 0 aromatic carbocycles. The van der Waals surface area contributed by atoms with Crippen LogP contribution >= 0.6 is 0 Å². The van der Waals surface area contributed by atoms with Crippen molar-refractivity contribution in [1.29, 1.82) is 0 Å². The third kappa shape index (κ3) is 1.91. The second-order valence-corrected chi connectivity index (χ2v) is 4.87. The van der Waals surface area contributed by atoms with Crippen molar-refractivity contribution in [1.82, 2.24) is 4.90 Å². The van der Waals surface area contributed by atoms with Crippen LogP contribution in [0, 0.1) is 5.92 Å². The van der Waals surface area contributed by atoms with Gasteiger partial charge in [-0.05, 0) is 12.8 Å². The van der Waals surface area contributed by atoms with Gasteiger partial charge in [0.15, 0.2) is 0 Å². The Morgan fingerprint density at radius 3 is 2.60 bits per heavy atom. The fourth-order valence-corrected chi connectivity index (χ4v) is 3.04. The average Bonchev–Trinajstić information content (AvgIpc) is 2.56. The van der Waals surface area contributed by atoms with Gasteiger partial charge in [0.25, 0.3) is 0 Å². The molecule has 2 rings (SSSR count). The number of aliphatic hydroxyl groups excluding tert-OH is 3. The van der Waals surface area contributed by atoms with Gasteiger partial charge >= 0.3 is 0 Å². The van der Waals surface area contributed by atoms with E-state index >= 15 is 0 Å². The lowest BCUT2D eigenvalue weighted by atomic mass is 9.84. The first-order chi connectivity index (χ1) is 7.15. The number of piperidine rings is 1. The predicted octanol–water partition coefficient (Wildman–Crippen LogP) is -0.427. The zero-order valence-corrected chi connectivity index (χ0v) is 9.21. The van der Waals surface area contributed by atoms with Crippen LogP contribution in [-0.4, -0.2) is 57.7 Å². The summed E-state index contributed by atoms with van der Waals surface area (Å²) in [5, 5.41) is 29.6. The van der Waals surface area contributed by atoms with Gasteiger partial charge in [0.2, 0.25) is 0 Å². The second kappa shape index (κ2) is 4.37. The molecule has 2 saturated heterocycles. The van der Waals surface area contributed by atoms with Gasteiger partial charge in [-0.25, -0.2) is 0 Å². The maximum absolute atomic E-state index is 9.96. The fraction of sp³-hybridized carbons (Fsp3) is 1.00. The molecule has 3 N–H and O–H groups in total. The SMILES string of the molecule is CCC[C@H]1CN2CC[C@H](O)[C@@H]2[C@@H](O)[C@@H]1O. The number of rotatable bonds is 2. The van der Waals surface area contributed by atoms with E-state index < -0.39 is 18.3 Å². The molecule has 0 unspecified atom stereocenters. The van der Waals surface area contributed by atoms with Crippen LogP contribution in [-0.2, 0) is 0 Å². The molecule has 5 atom stereocenters. The number of hydrogen-bond acceptors (Lipinski definition) is 4. The van der Waals surface area contributed by atoms with E-state index in [1.165, 1.54) is 0 Å². The molecule has 0 amide bonds. The van der Waals surface area contributed by atoms with Gasteiger partial charge in [0.1, 0.15) is 0 Å². The smallest absolute Gasteiger partial charge is 0.0982 e. The van der Waals surface area contributed by atoms with Crippen LogP contribution in [0.15, 0.2) is 0 Å². The van der Waals surface area contributed by atoms with Crippen molar-refractivity contribution in [2.45, 2.75) is 50.5 Å². The highest BCUT2D eigenvalue weighted by Gasteiger charge is 2.47.